The first-order chi connectivity index (χ1) is 15.7. The molecule has 2 aliphatic heterocycles. The number of hydrogen-bond acceptors (Lipinski definition) is 5. The second kappa shape index (κ2) is 10.4. The van der Waals surface area contributed by atoms with Gasteiger partial charge in [-0.15, -0.1) is 0 Å². The molecule has 2 aliphatic rings. The van der Waals surface area contributed by atoms with Crippen LogP contribution in [-0.4, -0.2) is 84.9 Å². The molecular weight excluding hydrogens is 398 g/mol. The van der Waals surface area contributed by atoms with Gasteiger partial charge < -0.3 is 14.7 Å². The number of rotatable bonds is 5. The van der Waals surface area contributed by atoms with Crippen molar-refractivity contribution in [2.45, 2.75) is 6.04 Å². The van der Waals surface area contributed by atoms with Gasteiger partial charge in [-0.2, -0.15) is 5.26 Å². The molecule has 2 heterocycles. The molecule has 0 radical (unpaired) electrons. The number of carbonyl (C=O) groups excluding carboxylic acids is 1. The lowest BCUT2D eigenvalue weighted by atomic mass is 9.96. The third kappa shape index (κ3) is 5.18. The molecule has 2 aromatic rings. The van der Waals surface area contributed by atoms with Gasteiger partial charge in [0.15, 0.2) is 0 Å². The molecule has 166 valence electrons. The molecule has 0 atom stereocenters. The van der Waals surface area contributed by atoms with Gasteiger partial charge in [-0.05, 0) is 18.2 Å². The van der Waals surface area contributed by atoms with Gasteiger partial charge in [0.2, 0.25) is 0 Å². The van der Waals surface area contributed by atoms with Gasteiger partial charge in [-0.3, -0.25) is 9.69 Å². The van der Waals surface area contributed by atoms with E-state index in [4.69, 9.17) is 0 Å². The Kier molecular flexibility index (Phi) is 7.21. The highest BCUT2D eigenvalue weighted by Gasteiger charge is 2.29. The molecule has 0 N–H and O–H groups in total. The maximum atomic E-state index is 13.1. The molecular formula is C26H31N5O. The van der Waals surface area contributed by atoms with Crippen molar-refractivity contribution in [2.75, 3.05) is 59.4 Å². The van der Waals surface area contributed by atoms with E-state index in [0.717, 1.165) is 39.3 Å². The molecule has 32 heavy (non-hydrogen) atoms. The van der Waals surface area contributed by atoms with Crippen LogP contribution in [0, 0.1) is 11.3 Å². The predicted molar refractivity (Wildman–Crippen MR) is 126 cm³/mol. The Balaban J connectivity index is 1.44. The van der Waals surface area contributed by atoms with E-state index >= 15 is 0 Å². The van der Waals surface area contributed by atoms with Crippen molar-refractivity contribution in [1.82, 2.24) is 19.6 Å². The summed E-state index contributed by atoms with van der Waals surface area (Å²) in [4.78, 5) is 21.7. The average Bonchev–Trinajstić information content (AvgIpc) is 2.85. The number of likely N-dealkylation sites (N-methyl/N-ethyl adjacent to an activating group) is 1. The highest BCUT2D eigenvalue weighted by atomic mass is 16.2. The van der Waals surface area contributed by atoms with Gasteiger partial charge in [0.05, 0.1) is 6.04 Å². The fraction of sp³-hybridized carbons (Fsp3) is 0.385. The van der Waals surface area contributed by atoms with Crippen molar-refractivity contribution < 1.29 is 4.79 Å². The zero-order valence-electron chi connectivity index (χ0n) is 18.7. The van der Waals surface area contributed by atoms with Crippen LogP contribution in [0.25, 0.3) is 0 Å². The Labute approximate surface area is 190 Å². The van der Waals surface area contributed by atoms with E-state index in [2.05, 4.69) is 76.3 Å². The summed E-state index contributed by atoms with van der Waals surface area (Å²) in [6, 6.07) is 23.4. The van der Waals surface area contributed by atoms with Gasteiger partial charge in [0, 0.05) is 58.6 Å². The van der Waals surface area contributed by atoms with E-state index in [1.165, 1.54) is 11.1 Å². The summed E-state index contributed by atoms with van der Waals surface area (Å²) in [5.41, 5.74) is 2.75. The van der Waals surface area contributed by atoms with Crippen molar-refractivity contribution in [1.29, 1.82) is 5.26 Å². The summed E-state index contributed by atoms with van der Waals surface area (Å²) in [5.74, 6) is -0.151. The van der Waals surface area contributed by atoms with E-state index in [1.807, 2.05) is 17.0 Å². The SMILES string of the molecule is CN1CCN(/C=C(/C#N)C(=O)N2CCN(C(c3ccccc3)c3ccccc3)CC2)CC1. The van der Waals surface area contributed by atoms with Crippen LogP contribution >= 0.6 is 0 Å². The zero-order valence-corrected chi connectivity index (χ0v) is 18.7. The minimum atomic E-state index is -0.151. The van der Waals surface area contributed by atoms with Gasteiger partial charge in [-0.25, -0.2) is 0 Å². The number of amides is 1. The second-order valence-electron chi connectivity index (χ2n) is 8.55. The maximum Gasteiger partial charge on any atom is 0.266 e. The lowest BCUT2D eigenvalue weighted by Crippen LogP contribution is -2.50. The van der Waals surface area contributed by atoms with Crippen molar-refractivity contribution >= 4 is 5.91 Å². The van der Waals surface area contributed by atoms with E-state index in [-0.39, 0.29) is 17.5 Å². The van der Waals surface area contributed by atoms with Crippen LogP contribution in [0.3, 0.4) is 0 Å². The third-order valence-corrected chi connectivity index (χ3v) is 6.40. The average molecular weight is 430 g/mol. The highest BCUT2D eigenvalue weighted by Crippen LogP contribution is 2.29. The fourth-order valence-electron chi connectivity index (χ4n) is 4.50. The molecule has 2 fully saturated rings. The van der Waals surface area contributed by atoms with Crippen LogP contribution in [0.15, 0.2) is 72.4 Å². The van der Waals surface area contributed by atoms with E-state index < -0.39 is 0 Å². The quantitative estimate of drug-likeness (QED) is 0.540. The highest BCUT2D eigenvalue weighted by molar-refractivity contribution is 5.97. The van der Waals surface area contributed by atoms with Gasteiger partial charge in [0.1, 0.15) is 11.6 Å². The van der Waals surface area contributed by atoms with Crippen molar-refractivity contribution in [3.63, 3.8) is 0 Å². The number of hydrogen-bond donors (Lipinski definition) is 0. The van der Waals surface area contributed by atoms with Gasteiger partial charge in [-0.1, -0.05) is 60.7 Å². The number of nitrogens with zero attached hydrogens (tertiary/aromatic N) is 5. The maximum absolute atomic E-state index is 13.1. The van der Waals surface area contributed by atoms with Crippen LogP contribution in [0.2, 0.25) is 0 Å². The monoisotopic (exact) mass is 429 g/mol. The molecule has 0 spiro atoms. The summed E-state index contributed by atoms with van der Waals surface area (Å²) >= 11 is 0. The van der Waals surface area contributed by atoms with E-state index in [0.29, 0.717) is 13.1 Å². The van der Waals surface area contributed by atoms with Crippen LogP contribution in [0.1, 0.15) is 17.2 Å². The Bertz CT molecular complexity index is 913. The van der Waals surface area contributed by atoms with Crippen molar-refractivity contribution in [3.8, 4) is 6.07 Å². The predicted octanol–water partition coefficient (Wildman–Crippen LogP) is 2.58. The van der Waals surface area contributed by atoms with Crippen molar-refractivity contribution in [3.05, 3.63) is 83.6 Å². The first-order valence-electron chi connectivity index (χ1n) is 11.3. The van der Waals surface area contributed by atoms with Crippen LogP contribution < -0.4 is 0 Å². The van der Waals surface area contributed by atoms with Gasteiger partial charge in [0.25, 0.3) is 5.91 Å². The summed E-state index contributed by atoms with van der Waals surface area (Å²) in [6.45, 7) is 6.37. The fourth-order valence-corrected chi connectivity index (χ4v) is 4.50. The normalized spacial score (nSPS) is 18.6. The molecule has 0 unspecified atom stereocenters. The minimum Gasteiger partial charge on any atom is -0.374 e. The molecule has 0 aromatic heterocycles. The summed E-state index contributed by atoms with van der Waals surface area (Å²) in [6.07, 6.45) is 1.76. The van der Waals surface area contributed by atoms with Gasteiger partial charge >= 0.3 is 0 Å². The van der Waals surface area contributed by atoms with Crippen LogP contribution in [0.5, 0.6) is 0 Å². The first-order valence-corrected chi connectivity index (χ1v) is 11.3. The Morgan fingerprint density at radius 1 is 0.844 bits per heavy atom. The second-order valence-corrected chi connectivity index (χ2v) is 8.55. The largest absolute Gasteiger partial charge is 0.374 e. The lowest BCUT2D eigenvalue weighted by Gasteiger charge is -2.40. The lowest BCUT2D eigenvalue weighted by molar-refractivity contribution is -0.128. The van der Waals surface area contributed by atoms with Crippen LogP contribution in [-0.2, 0) is 4.79 Å². The zero-order chi connectivity index (χ0) is 22.3. The third-order valence-electron chi connectivity index (χ3n) is 6.40. The molecule has 6 heteroatoms. The van der Waals surface area contributed by atoms with E-state index in [1.54, 1.807) is 6.20 Å². The molecule has 0 saturated carbocycles. The standard InChI is InChI=1S/C26H31N5O/c1-28-12-14-29(15-13-28)21-24(20-27)26(32)31-18-16-30(17-19-31)25(22-8-4-2-5-9-22)23-10-6-3-7-11-23/h2-11,21,25H,12-19H2,1H3/b24-21-. The number of piperazine rings is 2. The smallest absolute Gasteiger partial charge is 0.266 e. The molecule has 0 aliphatic carbocycles. The Morgan fingerprint density at radius 2 is 1.38 bits per heavy atom. The molecule has 6 nitrogen and oxygen atoms in total. The minimum absolute atomic E-state index is 0.151. The topological polar surface area (TPSA) is 53.8 Å². The first kappa shape index (κ1) is 22.1. The van der Waals surface area contributed by atoms with E-state index in [9.17, 15) is 10.1 Å². The molecule has 2 aromatic carbocycles. The van der Waals surface area contributed by atoms with Crippen molar-refractivity contribution in [2.24, 2.45) is 0 Å². The van der Waals surface area contributed by atoms with Crippen LogP contribution in [0.4, 0.5) is 0 Å². The summed E-state index contributed by atoms with van der Waals surface area (Å²) < 4.78 is 0. The number of nitriles is 1. The Morgan fingerprint density at radius 3 is 1.88 bits per heavy atom. The molecule has 1 amide bonds. The summed E-state index contributed by atoms with van der Waals surface area (Å²) in [5, 5.41) is 9.63. The molecule has 0 bridgehead atoms. The number of benzene rings is 2. The molecule has 4 rings (SSSR count). The molecule has 2 saturated heterocycles. The number of carbonyl (C=O) groups is 1. The Hall–Kier alpha value is -3.14. The summed E-state index contributed by atoms with van der Waals surface area (Å²) in [7, 11) is 2.09.